The topological polar surface area (TPSA) is 12.0 Å². The molecule has 1 aromatic rings. The van der Waals surface area contributed by atoms with Gasteiger partial charge < -0.3 is 5.32 Å². The first-order valence-corrected chi connectivity index (χ1v) is 8.51. The van der Waals surface area contributed by atoms with E-state index in [1.54, 1.807) is 0 Å². The van der Waals surface area contributed by atoms with Gasteiger partial charge in [-0.25, -0.2) is 0 Å². The van der Waals surface area contributed by atoms with Gasteiger partial charge in [0.05, 0.1) is 0 Å². The molecule has 2 fully saturated rings. The van der Waals surface area contributed by atoms with Gasteiger partial charge in [0.25, 0.3) is 0 Å². The van der Waals surface area contributed by atoms with Crippen LogP contribution in [-0.4, -0.2) is 12.1 Å². The lowest BCUT2D eigenvalue weighted by atomic mass is 9.75. The van der Waals surface area contributed by atoms with Crippen LogP contribution in [0.1, 0.15) is 56.9 Å². The van der Waals surface area contributed by atoms with Gasteiger partial charge in [-0.2, -0.15) is 0 Å². The summed E-state index contributed by atoms with van der Waals surface area (Å²) in [6.07, 6.45) is 8.29. The molecule has 0 spiro atoms. The Hall–Kier alpha value is -0.340. The predicted octanol–water partition coefficient (Wildman–Crippen LogP) is 4.86. The lowest BCUT2D eigenvalue weighted by Crippen LogP contribution is -2.46. The van der Waals surface area contributed by atoms with E-state index in [9.17, 15) is 0 Å². The quantitative estimate of drug-likeness (QED) is 0.838. The second-order valence-electron chi connectivity index (χ2n) is 6.55. The molecule has 2 heteroatoms. The maximum Gasteiger partial charge on any atom is 0.0175 e. The fraction of sp³-hybridized carbons (Fsp3) is 0.647. The molecule has 19 heavy (non-hydrogen) atoms. The van der Waals surface area contributed by atoms with Crippen LogP contribution in [-0.2, 0) is 0 Å². The minimum Gasteiger partial charge on any atom is -0.311 e. The fourth-order valence-corrected chi connectivity index (χ4v) is 3.94. The first-order valence-electron chi connectivity index (χ1n) is 7.72. The zero-order chi connectivity index (χ0) is 13.2. The normalized spacial score (nSPS) is 34.8. The van der Waals surface area contributed by atoms with E-state index in [4.69, 9.17) is 0 Å². The molecule has 2 saturated carbocycles. The molecular formula is C17H24BrN. The number of halogens is 1. The molecule has 2 atom stereocenters. The van der Waals surface area contributed by atoms with Gasteiger partial charge in [-0.15, -0.1) is 0 Å². The highest BCUT2D eigenvalue weighted by Gasteiger charge is 2.32. The summed E-state index contributed by atoms with van der Waals surface area (Å²) in [5.74, 6) is 1.71. The molecule has 104 valence electrons. The third-order valence-corrected chi connectivity index (χ3v) is 5.42. The van der Waals surface area contributed by atoms with Crippen LogP contribution < -0.4 is 5.32 Å². The van der Waals surface area contributed by atoms with Crippen molar-refractivity contribution < 1.29 is 0 Å². The van der Waals surface area contributed by atoms with Crippen LogP contribution in [0.4, 0.5) is 0 Å². The van der Waals surface area contributed by atoms with Crippen LogP contribution in [0.15, 0.2) is 28.7 Å². The highest BCUT2D eigenvalue weighted by atomic mass is 79.9. The molecule has 2 aliphatic carbocycles. The summed E-state index contributed by atoms with van der Waals surface area (Å²) in [4.78, 5) is 0. The molecule has 0 aliphatic heterocycles. The minimum atomic E-state index is 0.768. The van der Waals surface area contributed by atoms with Crippen molar-refractivity contribution in [2.75, 3.05) is 0 Å². The molecule has 0 amide bonds. The van der Waals surface area contributed by atoms with E-state index in [1.165, 1.54) is 48.6 Å². The highest BCUT2D eigenvalue weighted by molar-refractivity contribution is 9.10. The van der Waals surface area contributed by atoms with Crippen molar-refractivity contribution in [1.82, 2.24) is 5.32 Å². The van der Waals surface area contributed by atoms with E-state index in [-0.39, 0.29) is 0 Å². The third-order valence-electron chi connectivity index (χ3n) is 4.89. The van der Waals surface area contributed by atoms with E-state index in [2.05, 4.69) is 52.4 Å². The summed E-state index contributed by atoms with van der Waals surface area (Å²) in [6, 6.07) is 10.4. The molecule has 0 heterocycles. The Kier molecular flexibility index (Phi) is 4.28. The summed E-state index contributed by atoms with van der Waals surface area (Å²) in [5.41, 5.74) is 1.51. The van der Waals surface area contributed by atoms with Crippen LogP contribution in [0.3, 0.4) is 0 Å². The van der Waals surface area contributed by atoms with Gasteiger partial charge in [0.15, 0.2) is 0 Å². The Labute approximate surface area is 125 Å². The third kappa shape index (κ3) is 3.41. The predicted molar refractivity (Wildman–Crippen MR) is 84.5 cm³/mol. The largest absolute Gasteiger partial charge is 0.311 e. The smallest absolute Gasteiger partial charge is 0.0175 e. The van der Waals surface area contributed by atoms with Gasteiger partial charge in [-0.3, -0.25) is 0 Å². The van der Waals surface area contributed by atoms with Gasteiger partial charge in [0.1, 0.15) is 0 Å². The number of hydrogen-bond acceptors (Lipinski definition) is 1. The fourth-order valence-electron chi connectivity index (χ4n) is 3.68. The zero-order valence-electron chi connectivity index (χ0n) is 11.7. The maximum absolute atomic E-state index is 3.89. The highest BCUT2D eigenvalue weighted by Crippen LogP contribution is 2.38. The molecule has 0 saturated heterocycles. The molecule has 1 N–H and O–H groups in total. The molecule has 0 aromatic heterocycles. The maximum atomic E-state index is 3.89. The standard InChI is InChI=1S/C17H24BrN/c1-12-3-2-4-16(9-12)19-17-10-14(11-17)13-5-7-15(18)8-6-13/h5-8,12,14,16-17,19H,2-4,9-11H2,1H3. The summed E-state index contributed by atoms with van der Waals surface area (Å²) < 4.78 is 1.18. The van der Waals surface area contributed by atoms with Crippen molar-refractivity contribution >= 4 is 15.9 Å². The first kappa shape index (κ1) is 13.6. The molecule has 3 rings (SSSR count). The van der Waals surface area contributed by atoms with Crippen molar-refractivity contribution in [2.45, 2.75) is 63.5 Å². The number of hydrogen-bond donors (Lipinski definition) is 1. The Morgan fingerprint density at radius 1 is 1.00 bits per heavy atom. The van der Waals surface area contributed by atoms with E-state index in [0.29, 0.717) is 0 Å². The molecule has 0 bridgehead atoms. The SMILES string of the molecule is CC1CCCC(NC2CC(c3ccc(Br)cc3)C2)C1. The lowest BCUT2D eigenvalue weighted by molar-refractivity contribution is 0.217. The van der Waals surface area contributed by atoms with E-state index in [0.717, 1.165) is 23.9 Å². The second-order valence-corrected chi connectivity index (χ2v) is 7.47. The minimum absolute atomic E-state index is 0.768. The summed E-state index contributed by atoms with van der Waals surface area (Å²) in [6.45, 7) is 2.40. The molecular weight excluding hydrogens is 298 g/mol. The molecule has 1 aromatic carbocycles. The van der Waals surface area contributed by atoms with Crippen molar-refractivity contribution in [3.63, 3.8) is 0 Å². The van der Waals surface area contributed by atoms with Crippen LogP contribution in [0, 0.1) is 5.92 Å². The van der Waals surface area contributed by atoms with Gasteiger partial charge in [0.2, 0.25) is 0 Å². The van der Waals surface area contributed by atoms with Crippen molar-refractivity contribution in [2.24, 2.45) is 5.92 Å². The summed E-state index contributed by atoms with van der Waals surface area (Å²) >= 11 is 3.51. The van der Waals surface area contributed by atoms with Gasteiger partial charge in [-0.1, -0.05) is 47.8 Å². The summed E-state index contributed by atoms with van der Waals surface area (Å²) in [5, 5.41) is 3.89. The Morgan fingerprint density at radius 3 is 2.42 bits per heavy atom. The Bertz CT molecular complexity index is 408. The van der Waals surface area contributed by atoms with Gasteiger partial charge in [-0.05, 0) is 55.2 Å². The first-order chi connectivity index (χ1) is 9.20. The average molecular weight is 322 g/mol. The molecule has 0 radical (unpaired) electrons. The van der Waals surface area contributed by atoms with Crippen LogP contribution in [0.25, 0.3) is 0 Å². The Morgan fingerprint density at radius 2 is 1.74 bits per heavy atom. The average Bonchev–Trinajstić information content (AvgIpc) is 2.35. The molecule has 1 nitrogen and oxygen atoms in total. The van der Waals surface area contributed by atoms with E-state index >= 15 is 0 Å². The number of rotatable bonds is 3. The number of benzene rings is 1. The Balaban J connectivity index is 1.46. The van der Waals surface area contributed by atoms with Crippen LogP contribution in [0.5, 0.6) is 0 Å². The zero-order valence-corrected chi connectivity index (χ0v) is 13.3. The monoisotopic (exact) mass is 321 g/mol. The number of nitrogens with one attached hydrogen (secondary N) is 1. The lowest BCUT2D eigenvalue weighted by Gasteiger charge is -2.40. The van der Waals surface area contributed by atoms with Gasteiger partial charge in [0, 0.05) is 16.6 Å². The van der Waals surface area contributed by atoms with Crippen LogP contribution >= 0.6 is 15.9 Å². The van der Waals surface area contributed by atoms with E-state index < -0.39 is 0 Å². The molecule has 2 aliphatic rings. The van der Waals surface area contributed by atoms with Crippen molar-refractivity contribution in [3.8, 4) is 0 Å². The van der Waals surface area contributed by atoms with Crippen molar-refractivity contribution in [1.29, 1.82) is 0 Å². The van der Waals surface area contributed by atoms with Crippen molar-refractivity contribution in [3.05, 3.63) is 34.3 Å². The van der Waals surface area contributed by atoms with Gasteiger partial charge >= 0.3 is 0 Å². The molecule has 2 unspecified atom stereocenters. The van der Waals surface area contributed by atoms with Crippen LogP contribution in [0.2, 0.25) is 0 Å². The second kappa shape index (κ2) is 5.97. The summed E-state index contributed by atoms with van der Waals surface area (Å²) in [7, 11) is 0. The van der Waals surface area contributed by atoms with E-state index in [1.807, 2.05) is 0 Å².